The molecule has 0 spiro atoms. The van der Waals surface area contributed by atoms with Crippen LogP contribution in [0.25, 0.3) is 10.8 Å². The maximum atomic E-state index is 6.12. The van der Waals surface area contributed by atoms with Crippen molar-refractivity contribution in [2.75, 3.05) is 5.73 Å². The quantitative estimate of drug-likeness (QED) is 0.604. The second-order valence-electron chi connectivity index (χ2n) is 6.90. The molecule has 0 aromatic heterocycles. The van der Waals surface area contributed by atoms with Gasteiger partial charge >= 0.3 is 0 Å². The van der Waals surface area contributed by atoms with E-state index in [2.05, 4.69) is 61.7 Å². The van der Waals surface area contributed by atoms with Crippen LogP contribution in [-0.4, -0.2) is 0 Å². The standard InChI is InChI=1S/C24H19N/c1-3-17-18(4-2)24-21-12-15-8-6-5-7-14(15)11-20(21)23(17)19-10-9-16(25)13-22(19)24/h3-13,23-24H,1-2,25H2. The van der Waals surface area contributed by atoms with Crippen molar-refractivity contribution in [3.8, 4) is 0 Å². The van der Waals surface area contributed by atoms with E-state index >= 15 is 0 Å². The van der Waals surface area contributed by atoms with E-state index in [1.54, 1.807) is 0 Å². The normalized spacial score (nSPS) is 20.3. The fraction of sp³-hybridized carbons (Fsp3) is 0.0833. The molecule has 0 aliphatic heterocycles. The highest BCUT2D eigenvalue weighted by Crippen LogP contribution is 2.56. The van der Waals surface area contributed by atoms with Crippen LogP contribution in [-0.2, 0) is 0 Å². The van der Waals surface area contributed by atoms with Crippen LogP contribution in [0, 0.1) is 0 Å². The third-order valence-corrected chi connectivity index (χ3v) is 5.70. The van der Waals surface area contributed by atoms with Crippen LogP contribution in [0.2, 0.25) is 0 Å². The summed E-state index contributed by atoms with van der Waals surface area (Å²) in [5, 5.41) is 2.57. The van der Waals surface area contributed by atoms with Crippen LogP contribution in [0.1, 0.15) is 34.1 Å². The summed E-state index contributed by atoms with van der Waals surface area (Å²) in [4.78, 5) is 0. The Hall–Kier alpha value is -3.06. The smallest absolute Gasteiger partial charge is 0.0349 e. The molecule has 3 aliphatic rings. The Bertz CT molecular complexity index is 1100. The van der Waals surface area contributed by atoms with Crippen molar-refractivity contribution in [3.63, 3.8) is 0 Å². The highest BCUT2D eigenvalue weighted by molar-refractivity contribution is 5.87. The summed E-state index contributed by atoms with van der Waals surface area (Å²) in [6.45, 7) is 8.19. The molecule has 0 amide bonds. The Morgan fingerprint density at radius 3 is 1.76 bits per heavy atom. The van der Waals surface area contributed by atoms with E-state index in [0.29, 0.717) is 0 Å². The van der Waals surface area contributed by atoms with E-state index < -0.39 is 0 Å². The Labute approximate surface area is 147 Å². The van der Waals surface area contributed by atoms with E-state index in [-0.39, 0.29) is 11.8 Å². The third kappa shape index (κ3) is 1.78. The molecule has 0 saturated carbocycles. The van der Waals surface area contributed by atoms with Crippen LogP contribution in [0.4, 0.5) is 5.69 Å². The maximum Gasteiger partial charge on any atom is 0.0349 e. The highest BCUT2D eigenvalue weighted by Gasteiger charge is 2.41. The fourth-order valence-corrected chi connectivity index (χ4v) is 4.69. The van der Waals surface area contributed by atoms with Crippen LogP contribution >= 0.6 is 0 Å². The van der Waals surface area contributed by atoms with Crippen molar-refractivity contribution >= 4 is 16.5 Å². The van der Waals surface area contributed by atoms with Crippen LogP contribution in [0.15, 0.2) is 91.1 Å². The lowest BCUT2D eigenvalue weighted by atomic mass is 9.60. The van der Waals surface area contributed by atoms with E-state index in [1.807, 2.05) is 18.2 Å². The number of nitrogens with two attached hydrogens (primary N) is 1. The minimum atomic E-state index is 0.189. The van der Waals surface area contributed by atoms with E-state index in [9.17, 15) is 0 Å². The van der Waals surface area contributed by atoms with Crippen molar-refractivity contribution in [1.82, 2.24) is 0 Å². The zero-order valence-electron chi connectivity index (χ0n) is 14.0. The molecule has 0 fully saturated rings. The molecular formula is C24H19N. The van der Waals surface area contributed by atoms with Crippen LogP contribution in [0.3, 0.4) is 0 Å². The lowest BCUT2D eigenvalue weighted by Crippen LogP contribution is -2.27. The number of anilines is 1. The number of hydrogen-bond acceptors (Lipinski definition) is 1. The molecular weight excluding hydrogens is 302 g/mol. The summed E-state index contributed by atoms with van der Waals surface area (Å²) in [6, 6.07) is 19.6. The summed E-state index contributed by atoms with van der Waals surface area (Å²) >= 11 is 0. The second-order valence-corrected chi connectivity index (χ2v) is 6.90. The first kappa shape index (κ1) is 14.3. The lowest BCUT2D eigenvalue weighted by molar-refractivity contribution is 0.761. The van der Waals surface area contributed by atoms with Gasteiger partial charge in [0.25, 0.3) is 0 Å². The van der Waals surface area contributed by atoms with Gasteiger partial charge in [-0.2, -0.15) is 0 Å². The molecule has 2 bridgehead atoms. The number of fused-ring (bicyclic) bond motifs is 1. The van der Waals surface area contributed by atoms with Crippen molar-refractivity contribution < 1.29 is 0 Å². The molecule has 1 nitrogen and oxygen atoms in total. The van der Waals surface area contributed by atoms with Crippen molar-refractivity contribution in [1.29, 1.82) is 0 Å². The monoisotopic (exact) mass is 321 g/mol. The average Bonchev–Trinajstić information content (AvgIpc) is 2.65. The van der Waals surface area contributed by atoms with Gasteiger partial charge in [0.1, 0.15) is 0 Å². The summed E-state index contributed by atoms with van der Waals surface area (Å²) < 4.78 is 0. The molecule has 0 radical (unpaired) electrons. The van der Waals surface area contributed by atoms with Gasteiger partial charge in [0.05, 0.1) is 0 Å². The first-order chi connectivity index (χ1) is 12.2. The van der Waals surface area contributed by atoms with Crippen molar-refractivity contribution in [2.24, 2.45) is 0 Å². The van der Waals surface area contributed by atoms with Gasteiger partial charge in [0, 0.05) is 17.5 Å². The van der Waals surface area contributed by atoms with Gasteiger partial charge in [0.15, 0.2) is 0 Å². The summed E-state index contributed by atoms with van der Waals surface area (Å²) in [7, 11) is 0. The SMILES string of the molecule is C=CC1=C(C=C)C2c3cc(N)ccc3C1c1cc3ccccc3cc12. The Morgan fingerprint density at radius 1 is 0.680 bits per heavy atom. The predicted octanol–water partition coefficient (Wildman–Crippen LogP) is 5.68. The van der Waals surface area contributed by atoms with E-state index in [1.165, 1.54) is 44.2 Å². The predicted molar refractivity (Wildman–Crippen MR) is 106 cm³/mol. The van der Waals surface area contributed by atoms with Gasteiger partial charge in [-0.25, -0.2) is 0 Å². The van der Waals surface area contributed by atoms with Gasteiger partial charge in [-0.15, -0.1) is 0 Å². The van der Waals surface area contributed by atoms with Crippen LogP contribution < -0.4 is 5.73 Å². The van der Waals surface area contributed by atoms with Gasteiger partial charge in [-0.1, -0.05) is 55.6 Å². The lowest BCUT2D eigenvalue weighted by Gasteiger charge is -2.42. The first-order valence-electron chi connectivity index (χ1n) is 8.63. The summed E-state index contributed by atoms with van der Waals surface area (Å²) in [6.07, 6.45) is 4.01. The second kappa shape index (κ2) is 4.97. The number of hydrogen-bond donors (Lipinski definition) is 1. The van der Waals surface area contributed by atoms with Gasteiger partial charge in [0.2, 0.25) is 0 Å². The molecule has 3 aromatic carbocycles. The Morgan fingerprint density at radius 2 is 1.20 bits per heavy atom. The molecule has 2 unspecified atom stereocenters. The molecule has 25 heavy (non-hydrogen) atoms. The Kier molecular flexibility index (Phi) is 2.84. The van der Waals surface area contributed by atoms with Crippen molar-refractivity contribution in [3.05, 3.63) is 113 Å². The van der Waals surface area contributed by atoms with Gasteiger partial charge in [-0.05, 0) is 68.4 Å². The molecule has 2 atom stereocenters. The van der Waals surface area contributed by atoms with Gasteiger partial charge in [-0.3, -0.25) is 0 Å². The molecule has 120 valence electrons. The minimum Gasteiger partial charge on any atom is -0.399 e. The molecule has 1 heteroatoms. The number of nitrogen functional groups attached to an aromatic ring is 1. The molecule has 3 aliphatic carbocycles. The largest absolute Gasteiger partial charge is 0.399 e. The fourth-order valence-electron chi connectivity index (χ4n) is 4.69. The molecule has 3 aromatic rings. The zero-order valence-corrected chi connectivity index (χ0v) is 14.0. The number of allylic oxidation sites excluding steroid dienone is 4. The number of rotatable bonds is 2. The molecule has 2 N–H and O–H groups in total. The zero-order chi connectivity index (χ0) is 17.1. The van der Waals surface area contributed by atoms with Crippen molar-refractivity contribution in [2.45, 2.75) is 11.8 Å². The molecule has 0 saturated heterocycles. The number of benzene rings is 3. The average molecular weight is 321 g/mol. The first-order valence-corrected chi connectivity index (χ1v) is 8.63. The molecule has 6 rings (SSSR count). The van der Waals surface area contributed by atoms with Crippen LogP contribution in [0.5, 0.6) is 0 Å². The van der Waals surface area contributed by atoms with E-state index in [0.717, 1.165) is 5.69 Å². The summed E-state index contributed by atoms with van der Waals surface area (Å²) in [5.74, 6) is 0.402. The van der Waals surface area contributed by atoms with E-state index in [4.69, 9.17) is 5.73 Å². The highest BCUT2D eigenvalue weighted by atomic mass is 14.6. The summed E-state index contributed by atoms with van der Waals surface area (Å²) in [5.41, 5.74) is 14.9. The Balaban J connectivity index is 1.90. The minimum absolute atomic E-state index is 0.189. The van der Waals surface area contributed by atoms with Gasteiger partial charge < -0.3 is 5.73 Å². The molecule has 0 heterocycles. The topological polar surface area (TPSA) is 26.0 Å². The maximum absolute atomic E-state index is 6.12. The third-order valence-electron chi connectivity index (χ3n) is 5.70.